The van der Waals surface area contributed by atoms with Crippen LogP contribution in [-0.4, -0.2) is 59.0 Å². The lowest BCUT2D eigenvalue weighted by atomic mass is 9.38. The van der Waals surface area contributed by atoms with E-state index in [2.05, 4.69) is 6.58 Å². The quantitative estimate of drug-likeness (QED) is 0.358. The predicted molar refractivity (Wildman–Crippen MR) is 120 cm³/mol. The van der Waals surface area contributed by atoms with E-state index in [4.69, 9.17) is 14.2 Å². The second-order valence-electron chi connectivity index (χ2n) is 11.5. The maximum Gasteiger partial charge on any atom is 0.303 e. The molecule has 1 N–H and O–H groups in total. The first kappa shape index (κ1) is 25.5. The monoisotopic (exact) mass is 490 g/mol. The molecule has 192 valence electrons. The molecule has 0 aromatic rings. The summed E-state index contributed by atoms with van der Waals surface area (Å²) in [6, 6.07) is 0. The SMILES string of the molecule is C=C1C(=O)[C@]23C[C@H]1C[C@H](OC(C)=O)[C@H]2[C@]1(C)[C@@H](OC(C)=O)C[C@H](O)C(C)(C)[C@H]1C(=O)[C@@H]3OC(C)=O. The minimum absolute atomic E-state index is 0.0447. The van der Waals surface area contributed by atoms with Crippen molar-refractivity contribution in [3.05, 3.63) is 12.2 Å². The third-order valence-electron chi connectivity index (χ3n) is 9.18. The standard InChI is InChI=1S/C26H34O9/c1-11-15-8-16(33-12(2)27)20-25(7)18(34-13(3)28)9-17(30)24(5,6)21(25)19(31)23(35-14(4)29)26(20,10-15)22(11)32/h15-18,20-21,23,30H,1,8-10H2,2-7H3/t15-,16+,17+,18+,20+,21-,23+,25+,26+/m1/s1. The molecule has 9 nitrogen and oxygen atoms in total. The highest BCUT2D eigenvalue weighted by Crippen LogP contribution is 2.71. The van der Waals surface area contributed by atoms with E-state index < -0.39 is 76.2 Å². The molecule has 4 fully saturated rings. The first-order valence-electron chi connectivity index (χ1n) is 12.1. The van der Waals surface area contributed by atoms with Crippen LogP contribution in [0.1, 0.15) is 60.8 Å². The maximum absolute atomic E-state index is 14.3. The predicted octanol–water partition coefficient (Wildman–Crippen LogP) is 1.93. The van der Waals surface area contributed by atoms with Crippen molar-refractivity contribution >= 4 is 29.5 Å². The average Bonchev–Trinajstić information content (AvgIpc) is 2.90. The van der Waals surface area contributed by atoms with Gasteiger partial charge in [-0.1, -0.05) is 27.4 Å². The molecule has 0 aromatic heterocycles. The third-order valence-corrected chi connectivity index (χ3v) is 9.18. The molecule has 9 heteroatoms. The summed E-state index contributed by atoms with van der Waals surface area (Å²) in [7, 11) is 0. The minimum atomic E-state index is -1.51. The Morgan fingerprint density at radius 1 is 0.943 bits per heavy atom. The summed E-state index contributed by atoms with van der Waals surface area (Å²) in [6.07, 6.45) is -3.62. The highest BCUT2D eigenvalue weighted by Gasteiger charge is 2.79. The van der Waals surface area contributed by atoms with Gasteiger partial charge in [-0.2, -0.15) is 0 Å². The van der Waals surface area contributed by atoms with Crippen LogP contribution in [0, 0.1) is 34.0 Å². The molecule has 4 aliphatic rings. The Balaban J connectivity index is 2.04. The molecule has 0 aromatic carbocycles. The van der Waals surface area contributed by atoms with Crippen molar-refractivity contribution < 1.29 is 43.3 Å². The number of aliphatic hydroxyl groups is 1. The zero-order valence-corrected chi connectivity index (χ0v) is 21.1. The van der Waals surface area contributed by atoms with Gasteiger partial charge >= 0.3 is 17.9 Å². The van der Waals surface area contributed by atoms with Gasteiger partial charge < -0.3 is 19.3 Å². The summed E-state index contributed by atoms with van der Waals surface area (Å²) in [4.78, 5) is 64.8. The fourth-order valence-electron chi connectivity index (χ4n) is 8.13. The van der Waals surface area contributed by atoms with Crippen molar-refractivity contribution in [3.8, 4) is 0 Å². The molecule has 0 aliphatic heterocycles. The number of esters is 3. The van der Waals surface area contributed by atoms with Crippen LogP contribution in [0.3, 0.4) is 0 Å². The lowest BCUT2D eigenvalue weighted by Gasteiger charge is -2.66. The Kier molecular flexibility index (Phi) is 5.82. The van der Waals surface area contributed by atoms with Crippen molar-refractivity contribution in [2.24, 2.45) is 34.0 Å². The van der Waals surface area contributed by atoms with Crippen LogP contribution in [0.15, 0.2) is 12.2 Å². The number of allylic oxidation sites excluding steroid dienone is 1. The van der Waals surface area contributed by atoms with Gasteiger partial charge in [-0.15, -0.1) is 0 Å². The van der Waals surface area contributed by atoms with E-state index in [9.17, 15) is 29.1 Å². The molecule has 0 unspecified atom stereocenters. The number of fused-ring (bicyclic) bond motifs is 3. The van der Waals surface area contributed by atoms with E-state index in [1.54, 1.807) is 20.8 Å². The highest BCUT2D eigenvalue weighted by atomic mass is 16.6. The van der Waals surface area contributed by atoms with Crippen LogP contribution in [-0.2, 0) is 38.2 Å². The summed E-state index contributed by atoms with van der Waals surface area (Å²) in [6.45, 7) is 12.9. The van der Waals surface area contributed by atoms with Crippen LogP contribution in [0.5, 0.6) is 0 Å². The lowest BCUT2D eigenvalue weighted by molar-refractivity contribution is -0.263. The smallest absolute Gasteiger partial charge is 0.303 e. The number of aliphatic hydroxyl groups excluding tert-OH is 1. The molecule has 0 radical (unpaired) electrons. The van der Waals surface area contributed by atoms with Crippen LogP contribution in [0.25, 0.3) is 0 Å². The number of Topliss-reactive ketones (excluding diaryl/α,β-unsaturated/α-hetero) is 2. The van der Waals surface area contributed by atoms with E-state index >= 15 is 0 Å². The van der Waals surface area contributed by atoms with Gasteiger partial charge in [-0.25, -0.2) is 0 Å². The Bertz CT molecular complexity index is 1030. The number of hydrogen-bond acceptors (Lipinski definition) is 9. The van der Waals surface area contributed by atoms with Crippen molar-refractivity contribution in [2.45, 2.75) is 85.2 Å². The van der Waals surface area contributed by atoms with Gasteiger partial charge in [0.05, 0.1) is 11.5 Å². The van der Waals surface area contributed by atoms with Crippen molar-refractivity contribution in [1.82, 2.24) is 0 Å². The zero-order valence-electron chi connectivity index (χ0n) is 21.1. The Morgan fingerprint density at radius 2 is 1.51 bits per heavy atom. The topological polar surface area (TPSA) is 133 Å². The van der Waals surface area contributed by atoms with Crippen molar-refractivity contribution in [2.75, 3.05) is 0 Å². The molecule has 2 bridgehead atoms. The minimum Gasteiger partial charge on any atom is -0.462 e. The third kappa shape index (κ3) is 3.33. The molecular formula is C26H34O9. The normalized spacial score (nSPS) is 43.6. The molecular weight excluding hydrogens is 456 g/mol. The molecule has 0 saturated heterocycles. The van der Waals surface area contributed by atoms with Gasteiger partial charge in [0.25, 0.3) is 0 Å². The molecule has 35 heavy (non-hydrogen) atoms. The van der Waals surface area contributed by atoms with Gasteiger partial charge in [-0.3, -0.25) is 24.0 Å². The number of ether oxygens (including phenoxy) is 3. The van der Waals surface area contributed by atoms with Crippen molar-refractivity contribution in [1.29, 1.82) is 0 Å². The second-order valence-corrected chi connectivity index (χ2v) is 11.5. The average molecular weight is 491 g/mol. The number of rotatable bonds is 3. The van der Waals surface area contributed by atoms with E-state index in [0.717, 1.165) is 0 Å². The lowest BCUT2D eigenvalue weighted by Crippen LogP contribution is -2.75. The summed E-state index contributed by atoms with van der Waals surface area (Å²) in [5.74, 6) is -4.86. The van der Waals surface area contributed by atoms with Crippen molar-refractivity contribution in [3.63, 3.8) is 0 Å². The first-order chi connectivity index (χ1) is 16.1. The van der Waals surface area contributed by atoms with Crippen LogP contribution in [0.2, 0.25) is 0 Å². The van der Waals surface area contributed by atoms with E-state index in [1.165, 1.54) is 20.8 Å². The largest absolute Gasteiger partial charge is 0.462 e. The Morgan fingerprint density at radius 3 is 2.06 bits per heavy atom. The van der Waals surface area contributed by atoms with E-state index in [-0.39, 0.29) is 24.5 Å². The Hall–Kier alpha value is -2.55. The van der Waals surface area contributed by atoms with Gasteiger partial charge in [0.15, 0.2) is 17.7 Å². The van der Waals surface area contributed by atoms with Gasteiger partial charge in [0.1, 0.15) is 12.2 Å². The maximum atomic E-state index is 14.3. The number of hydrogen-bond donors (Lipinski definition) is 1. The molecule has 1 spiro atoms. The zero-order chi connectivity index (χ0) is 26.2. The van der Waals surface area contributed by atoms with Crippen LogP contribution < -0.4 is 0 Å². The molecule has 0 heterocycles. The van der Waals surface area contributed by atoms with E-state index in [1.807, 2.05) is 0 Å². The fourth-order valence-corrected chi connectivity index (χ4v) is 8.13. The van der Waals surface area contributed by atoms with Gasteiger partial charge in [0, 0.05) is 49.9 Å². The molecule has 4 aliphatic carbocycles. The van der Waals surface area contributed by atoms with Crippen LogP contribution in [0.4, 0.5) is 0 Å². The summed E-state index contributed by atoms with van der Waals surface area (Å²) >= 11 is 0. The molecule has 4 saturated carbocycles. The number of carbonyl (C=O) groups is 5. The molecule has 9 atom stereocenters. The summed E-state index contributed by atoms with van der Waals surface area (Å²) < 4.78 is 17.1. The Labute approximate surface area is 204 Å². The first-order valence-corrected chi connectivity index (χ1v) is 12.1. The molecule has 0 amide bonds. The number of ketones is 2. The molecule has 4 rings (SSSR count). The van der Waals surface area contributed by atoms with Gasteiger partial charge in [0.2, 0.25) is 0 Å². The highest BCUT2D eigenvalue weighted by molar-refractivity contribution is 6.08. The van der Waals surface area contributed by atoms with Crippen LogP contribution >= 0.6 is 0 Å². The second kappa shape index (κ2) is 7.98. The number of carbonyl (C=O) groups excluding carboxylic acids is 5. The van der Waals surface area contributed by atoms with E-state index in [0.29, 0.717) is 12.0 Å². The fraction of sp³-hybridized carbons (Fsp3) is 0.731. The summed E-state index contributed by atoms with van der Waals surface area (Å²) in [5, 5.41) is 11.1. The summed E-state index contributed by atoms with van der Waals surface area (Å²) in [5.41, 5.74) is -3.41. The van der Waals surface area contributed by atoms with Gasteiger partial charge in [-0.05, 0) is 24.3 Å².